The van der Waals surface area contributed by atoms with Gasteiger partial charge in [0.15, 0.2) is 0 Å². The molecule has 4 rings (SSSR count). The lowest BCUT2D eigenvalue weighted by Gasteiger charge is -2.10. The van der Waals surface area contributed by atoms with Crippen LogP contribution in [-0.2, 0) is 20.6 Å². The number of halogens is 1. The fraction of sp³-hybridized carbons (Fsp3) is 0.136. The molecule has 2 amide bonds. The standard InChI is InChI=1S/C22H20ClN5O2/c1-27-12-15(11-26-27)18-7-13(3-6-17(18)21(24)29)10-25-22(30)20-8-14-4-5-16(23)9-19(14)28(20)2/h3-9,11-12H,10H2,1-2H3,(H2,24,29)(H,25,30). The average molecular weight is 422 g/mol. The quantitative estimate of drug-likeness (QED) is 0.517. The minimum Gasteiger partial charge on any atom is -0.366 e. The highest BCUT2D eigenvalue weighted by molar-refractivity contribution is 6.31. The minimum atomic E-state index is -0.515. The second-order valence-electron chi connectivity index (χ2n) is 7.12. The lowest BCUT2D eigenvalue weighted by Crippen LogP contribution is -2.25. The summed E-state index contributed by atoms with van der Waals surface area (Å²) in [5.74, 6) is -0.717. The molecule has 152 valence electrons. The predicted molar refractivity (Wildman–Crippen MR) is 116 cm³/mol. The zero-order valence-corrected chi connectivity index (χ0v) is 17.3. The van der Waals surface area contributed by atoms with Gasteiger partial charge in [0.1, 0.15) is 5.69 Å². The molecule has 0 unspecified atom stereocenters. The average Bonchev–Trinajstić information content (AvgIpc) is 3.29. The van der Waals surface area contributed by atoms with Crippen molar-refractivity contribution in [1.29, 1.82) is 0 Å². The van der Waals surface area contributed by atoms with Crippen molar-refractivity contribution in [2.75, 3.05) is 0 Å². The number of fused-ring (bicyclic) bond motifs is 1. The lowest BCUT2D eigenvalue weighted by atomic mass is 9.99. The van der Waals surface area contributed by atoms with Crippen LogP contribution >= 0.6 is 11.6 Å². The summed E-state index contributed by atoms with van der Waals surface area (Å²) in [5, 5.41) is 8.65. The second kappa shape index (κ2) is 7.68. The van der Waals surface area contributed by atoms with Crippen LogP contribution in [0.2, 0.25) is 5.02 Å². The van der Waals surface area contributed by atoms with Crippen LogP contribution in [-0.4, -0.2) is 26.2 Å². The monoisotopic (exact) mass is 421 g/mol. The van der Waals surface area contributed by atoms with Gasteiger partial charge in [-0.1, -0.05) is 23.7 Å². The Morgan fingerprint density at radius 2 is 1.93 bits per heavy atom. The van der Waals surface area contributed by atoms with Crippen LogP contribution in [0, 0.1) is 0 Å². The number of hydrogen-bond acceptors (Lipinski definition) is 3. The molecule has 8 heteroatoms. The Labute approximate surface area is 178 Å². The zero-order chi connectivity index (χ0) is 21.4. The number of aryl methyl sites for hydroxylation is 2. The van der Waals surface area contributed by atoms with Crippen LogP contribution in [0.3, 0.4) is 0 Å². The summed E-state index contributed by atoms with van der Waals surface area (Å²) in [4.78, 5) is 24.6. The number of amides is 2. The van der Waals surface area contributed by atoms with Gasteiger partial charge >= 0.3 is 0 Å². The molecule has 7 nitrogen and oxygen atoms in total. The van der Waals surface area contributed by atoms with Crippen LogP contribution in [0.4, 0.5) is 0 Å². The molecule has 0 fully saturated rings. The Bertz CT molecular complexity index is 1290. The van der Waals surface area contributed by atoms with Crippen LogP contribution in [0.5, 0.6) is 0 Å². The molecule has 0 atom stereocenters. The van der Waals surface area contributed by atoms with E-state index in [1.54, 1.807) is 36.1 Å². The predicted octanol–water partition coefficient (Wildman–Crippen LogP) is 3.26. The smallest absolute Gasteiger partial charge is 0.268 e. The summed E-state index contributed by atoms with van der Waals surface area (Å²) in [5.41, 5.74) is 9.66. The third kappa shape index (κ3) is 3.67. The number of rotatable bonds is 5. The molecule has 0 bridgehead atoms. The Hall–Kier alpha value is -3.58. The molecule has 0 spiro atoms. The van der Waals surface area contributed by atoms with E-state index in [1.165, 1.54) is 0 Å². The SMILES string of the molecule is Cn1cc(-c2cc(CNC(=O)c3cc4ccc(Cl)cc4n3C)ccc2C(N)=O)cn1. The van der Waals surface area contributed by atoms with E-state index >= 15 is 0 Å². The molecule has 2 aromatic heterocycles. The number of hydrogen-bond donors (Lipinski definition) is 2. The van der Waals surface area contributed by atoms with Gasteiger partial charge in [-0.3, -0.25) is 14.3 Å². The van der Waals surface area contributed by atoms with E-state index in [0.29, 0.717) is 28.4 Å². The summed E-state index contributed by atoms with van der Waals surface area (Å²) in [6.07, 6.45) is 3.48. The number of carbonyl (C=O) groups is 2. The number of primary amides is 1. The molecule has 0 aliphatic rings. The number of aromatic nitrogens is 3. The van der Waals surface area contributed by atoms with Gasteiger partial charge in [-0.25, -0.2) is 0 Å². The number of nitrogens with two attached hydrogens (primary N) is 1. The highest BCUT2D eigenvalue weighted by atomic mass is 35.5. The first kappa shape index (κ1) is 19.7. The third-order valence-electron chi connectivity index (χ3n) is 5.06. The molecule has 0 saturated carbocycles. The summed E-state index contributed by atoms with van der Waals surface area (Å²) in [6.45, 7) is 0.299. The van der Waals surface area contributed by atoms with Crippen LogP contribution in [0.15, 0.2) is 54.9 Å². The van der Waals surface area contributed by atoms with Gasteiger partial charge in [-0.05, 0) is 41.5 Å². The molecular formula is C22H20ClN5O2. The van der Waals surface area contributed by atoms with E-state index in [1.807, 2.05) is 42.1 Å². The molecule has 30 heavy (non-hydrogen) atoms. The van der Waals surface area contributed by atoms with E-state index in [0.717, 1.165) is 22.0 Å². The topological polar surface area (TPSA) is 94.9 Å². The highest BCUT2D eigenvalue weighted by Gasteiger charge is 2.15. The van der Waals surface area contributed by atoms with E-state index in [2.05, 4.69) is 10.4 Å². The maximum atomic E-state index is 12.8. The number of nitrogens with one attached hydrogen (secondary N) is 1. The van der Waals surface area contributed by atoms with Gasteiger partial charge in [-0.15, -0.1) is 0 Å². The molecule has 0 aliphatic carbocycles. The minimum absolute atomic E-state index is 0.202. The maximum absolute atomic E-state index is 12.8. The summed E-state index contributed by atoms with van der Waals surface area (Å²) < 4.78 is 3.47. The summed E-state index contributed by atoms with van der Waals surface area (Å²) in [7, 11) is 3.63. The first-order chi connectivity index (χ1) is 14.3. The molecule has 2 aromatic carbocycles. The van der Waals surface area contributed by atoms with Crippen molar-refractivity contribution in [2.45, 2.75) is 6.54 Å². The fourth-order valence-corrected chi connectivity index (χ4v) is 3.68. The van der Waals surface area contributed by atoms with E-state index in [-0.39, 0.29) is 5.91 Å². The van der Waals surface area contributed by atoms with Gasteiger partial charge in [0.25, 0.3) is 5.91 Å². The molecule has 0 aliphatic heterocycles. The molecule has 2 heterocycles. The Balaban J connectivity index is 1.59. The van der Waals surface area contributed by atoms with Crippen molar-refractivity contribution in [3.05, 3.63) is 76.7 Å². The maximum Gasteiger partial charge on any atom is 0.268 e. The van der Waals surface area contributed by atoms with Crippen molar-refractivity contribution >= 4 is 34.3 Å². The second-order valence-corrected chi connectivity index (χ2v) is 7.56. The highest BCUT2D eigenvalue weighted by Crippen LogP contribution is 2.25. The van der Waals surface area contributed by atoms with Crippen molar-refractivity contribution < 1.29 is 9.59 Å². The van der Waals surface area contributed by atoms with Gasteiger partial charge < -0.3 is 15.6 Å². The van der Waals surface area contributed by atoms with E-state index in [4.69, 9.17) is 17.3 Å². The van der Waals surface area contributed by atoms with E-state index < -0.39 is 5.91 Å². The fourth-order valence-electron chi connectivity index (χ4n) is 3.51. The molecule has 0 saturated heterocycles. The van der Waals surface area contributed by atoms with Crippen molar-refractivity contribution in [1.82, 2.24) is 19.7 Å². The van der Waals surface area contributed by atoms with Gasteiger partial charge in [0, 0.05) is 53.9 Å². The Kier molecular flexibility index (Phi) is 5.05. The number of carbonyl (C=O) groups excluding carboxylic acids is 2. The van der Waals surface area contributed by atoms with Crippen molar-refractivity contribution in [3.63, 3.8) is 0 Å². The Morgan fingerprint density at radius 3 is 2.63 bits per heavy atom. The largest absolute Gasteiger partial charge is 0.366 e. The molecule has 3 N–H and O–H groups in total. The lowest BCUT2D eigenvalue weighted by molar-refractivity contribution is 0.0941. The number of nitrogens with zero attached hydrogens (tertiary/aromatic N) is 3. The zero-order valence-electron chi connectivity index (χ0n) is 16.5. The number of benzene rings is 2. The van der Waals surface area contributed by atoms with Gasteiger partial charge in [-0.2, -0.15) is 5.10 Å². The van der Waals surface area contributed by atoms with Crippen molar-refractivity contribution in [3.8, 4) is 11.1 Å². The van der Waals surface area contributed by atoms with Crippen LogP contribution in [0.1, 0.15) is 26.4 Å². The first-order valence-corrected chi connectivity index (χ1v) is 9.66. The van der Waals surface area contributed by atoms with Gasteiger partial charge in [0.2, 0.25) is 5.91 Å². The van der Waals surface area contributed by atoms with E-state index in [9.17, 15) is 9.59 Å². The van der Waals surface area contributed by atoms with Crippen molar-refractivity contribution in [2.24, 2.45) is 19.8 Å². The Morgan fingerprint density at radius 1 is 1.13 bits per heavy atom. The molecule has 4 aromatic rings. The van der Waals surface area contributed by atoms with Gasteiger partial charge in [0.05, 0.1) is 6.20 Å². The van der Waals surface area contributed by atoms with Crippen LogP contribution in [0.25, 0.3) is 22.0 Å². The normalized spacial score (nSPS) is 11.0. The summed E-state index contributed by atoms with van der Waals surface area (Å²) >= 11 is 6.07. The van der Waals surface area contributed by atoms with Crippen LogP contribution < -0.4 is 11.1 Å². The first-order valence-electron chi connectivity index (χ1n) is 9.28. The third-order valence-corrected chi connectivity index (χ3v) is 5.29. The molecular weight excluding hydrogens is 402 g/mol. The summed E-state index contributed by atoms with van der Waals surface area (Å²) in [6, 6.07) is 12.6. The molecule has 0 radical (unpaired) electrons.